The summed E-state index contributed by atoms with van der Waals surface area (Å²) in [6, 6.07) is 1.41. The predicted molar refractivity (Wildman–Crippen MR) is 65.5 cm³/mol. The van der Waals surface area contributed by atoms with Gasteiger partial charge in [0.05, 0.1) is 10.5 Å². The number of rotatable bonds is 4. The molecule has 1 aromatic rings. The number of anilines is 1. The van der Waals surface area contributed by atoms with E-state index >= 15 is 0 Å². The monoisotopic (exact) mass is 250 g/mol. The zero-order valence-corrected chi connectivity index (χ0v) is 10.1. The Labute approximate surface area is 104 Å². The van der Waals surface area contributed by atoms with Crippen molar-refractivity contribution in [3.05, 3.63) is 27.9 Å². The van der Waals surface area contributed by atoms with Gasteiger partial charge in [0, 0.05) is 19.2 Å². The molecule has 1 aliphatic rings. The van der Waals surface area contributed by atoms with Crippen LogP contribution in [0.2, 0.25) is 0 Å². The van der Waals surface area contributed by atoms with Gasteiger partial charge in [-0.1, -0.05) is 6.92 Å². The number of nitro groups is 1. The molecule has 7 heteroatoms. The molecule has 1 heterocycles. The van der Waals surface area contributed by atoms with Crippen molar-refractivity contribution in [3.8, 4) is 0 Å². The molecular weight excluding hydrogens is 236 g/mol. The first kappa shape index (κ1) is 12.3. The number of hydrogen-bond donors (Lipinski definition) is 2. The molecule has 0 bridgehead atoms. The summed E-state index contributed by atoms with van der Waals surface area (Å²) in [5.74, 6) is 0.481. The highest BCUT2D eigenvalue weighted by Crippen LogP contribution is 2.30. The summed E-state index contributed by atoms with van der Waals surface area (Å²) < 4.78 is 0. The van der Waals surface area contributed by atoms with Crippen LogP contribution in [0.15, 0.2) is 12.3 Å². The van der Waals surface area contributed by atoms with Crippen LogP contribution in [0.5, 0.6) is 0 Å². The fourth-order valence-corrected chi connectivity index (χ4v) is 1.70. The van der Waals surface area contributed by atoms with Crippen molar-refractivity contribution >= 4 is 17.4 Å². The minimum atomic E-state index is -0.566. The molecule has 0 spiro atoms. The van der Waals surface area contributed by atoms with E-state index in [2.05, 4.69) is 15.6 Å². The van der Waals surface area contributed by atoms with Gasteiger partial charge >= 0.3 is 0 Å². The Balaban J connectivity index is 2.25. The standard InChI is InChI=1S/C11H14N4O3/c1-6-3-9(6)14-11(16)8-4-7(15(17)18)5-13-10(8)12-2/h4-6,9H,3H2,1-2H3,(H,12,13)(H,14,16). The van der Waals surface area contributed by atoms with Gasteiger partial charge < -0.3 is 10.6 Å². The van der Waals surface area contributed by atoms with Gasteiger partial charge in [0.1, 0.15) is 12.0 Å². The molecule has 7 nitrogen and oxygen atoms in total. The smallest absolute Gasteiger partial charge is 0.288 e. The average Bonchev–Trinajstić information content (AvgIpc) is 3.03. The van der Waals surface area contributed by atoms with E-state index in [1.807, 2.05) is 6.92 Å². The van der Waals surface area contributed by atoms with Crippen molar-refractivity contribution in [1.82, 2.24) is 10.3 Å². The van der Waals surface area contributed by atoms with Gasteiger partial charge in [-0.3, -0.25) is 14.9 Å². The molecule has 0 saturated heterocycles. The maximum absolute atomic E-state index is 12.0. The second-order valence-corrected chi connectivity index (χ2v) is 4.39. The van der Waals surface area contributed by atoms with Gasteiger partial charge in [-0.05, 0) is 12.3 Å². The Morgan fingerprint density at radius 1 is 1.61 bits per heavy atom. The molecule has 2 unspecified atom stereocenters. The van der Waals surface area contributed by atoms with Crippen LogP contribution in [0.4, 0.5) is 11.5 Å². The number of pyridine rings is 1. The van der Waals surface area contributed by atoms with Gasteiger partial charge in [0.2, 0.25) is 0 Å². The Morgan fingerprint density at radius 2 is 2.28 bits per heavy atom. The highest BCUT2D eigenvalue weighted by molar-refractivity contribution is 5.99. The minimum absolute atomic E-state index is 0.168. The number of hydrogen-bond acceptors (Lipinski definition) is 5. The first-order chi connectivity index (χ1) is 8.52. The number of amides is 1. The van der Waals surface area contributed by atoms with Crippen molar-refractivity contribution in [3.63, 3.8) is 0 Å². The molecule has 96 valence electrons. The van der Waals surface area contributed by atoms with E-state index in [1.165, 1.54) is 6.07 Å². The SMILES string of the molecule is CNc1ncc([N+](=O)[O-])cc1C(=O)NC1CC1C. The Kier molecular flexibility index (Phi) is 3.14. The van der Waals surface area contributed by atoms with Crippen LogP contribution in [0, 0.1) is 16.0 Å². The van der Waals surface area contributed by atoms with Gasteiger partial charge in [-0.25, -0.2) is 4.98 Å². The van der Waals surface area contributed by atoms with Crippen molar-refractivity contribution in [1.29, 1.82) is 0 Å². The first-order valence-electron chi connectivity index (χ1n) is 5.66. The molecular formula is C11H14N4O3. The van der Waals surface area contributed by atoms with Crippen LogP contribution < -0.4 is 10.6 Å². The van der Waals surface area contributed by atoms with Crippen LogP contribution in [-0.2, 0) is 0 Å². The van der Waals surface area contributed by atoms with Crippen molar-refractivity contribution in [2.24, 2.45) is 5.92 Å². The van der Waals surface area contributed by atoms with Crippen molar-refractivity contribution in [2.75, 3.05) is 12.4 Å². The van der Waals surface area contributed by atoms with Crippen LogP contribution in [0.1, 0.15) is 23.7 Å². The van der Waals surface area contributed by atoms with E-state index in [0.717, 1.165) is 12.6 Å². The highest BCUT2D eigenvalue weighted by Gasteiger charge is 2.34. The minimum Gasteiger partial charge on any atom is -0.372 e. The third-order valence-electron chi connectivity index (χ3n) is 2.99. The molecule has 1 fully saturated rings. The van der Waals surface area contributed by atoms with E-state index in [1.54, 1.807) is 7.05 Å². The van der Waals surface area contributed by atoms with Crippen LogP contribution in [-0.4, -0.2) is 28.9 Å². The van der Waals surface area contributed by atoms with Crippen LogP contribution in [0.3, 0.4) is 0 Å². The average molecular weight is 250 g/mol. The summed E-state index contributed by atoms with van der Waals surface area (Å²) in [6.07, 6.45) is 2.07. The molecule has 0 aromatic carbocycles. The van der Waals surface area contributed by atoms with Gasteiger partial charge in [-0.15, -0.1) is 0 Å². The maximum Gasteiger partial charge on any atom is 0.288 e. The van der Waals surface area contributed by atoms with Gasteiger partial charge in [0.15, 0.2) is 0 Å². The zero-order chi connectivity index (χ0) is 13.3. The second-order valence-electron chi connectivity index (χ2n) is 4.39. The van der Waals surface area contributed by atoms with Crippen molar-refractivity contribution in [2.45, 2.75) is 19.4 Å². The molecule has 2 atom stereocenters. The molecule has 1 aromatic heterocycles. The first-order valence-corrected chi connectivity index (χ1v) is 5.66. The van der Waals surface area contributed by atoms with E-state index in [9.17, 15) is 14.9 Å². The fraction of sp³-hybridized carbons (Fsp3) is 0.455. The molecule has 2 N–H and O–H groups in total. The normalized spacial score (nSPS) is 21.2. The van der Waals surface area contributed by atoms with Gasteiger partial charge in [-0.2, -0.15) is 0 Å². The number of aromatic nitrogens is 1. The molecule has 0 aliphatic heterocycles. The molecule has 1 saturated carbocycles. The number of nitrogens with zero attached hydrogens (tertiary/aromatic N) is 2. The Hall–Kier alpha value is -2.18. The Bertz CT molecular complexity index is 503. The van der Waals surface area contributed by atoms with Crippen molar-refractivity contribution < 1.29 is 9.72 Å². The third kappa shape index (κ3) is 2.39. The van der Waals surface area contributed by atoms with E-state index in [0.29, 0.717) is 11.7 Å². The van der Waals surface area contributed by atoms with E-state index in [-0.39, 0.29) is 23.2 Å². The molecule has 0 radical (unpaired) electrons. The number of nitrogens with one attached hydrogen (secondary N) is 2. The second kappa shape index (κ2) is 4.59. The summed E-state index contributed by atoms with van der Waals surface area (Å²) in [4.78, 5) is 26.0. The molecule has 18 heavy (non-hydrogen) atoms. The van der Waals surface area contributed by atoms with E-state index in [4.69, 9.17) is 0 Å². The summed E-state index contributed by atoms with van der Waals surface area (Å²) >= 11 is 0. The third-order valence-corrected chi connectivity index (χ3v) is 2.99. The van der Waals surface area contributed by atoms with Crippen LogP contribution >= 0.6 is 0 Å². The summed E-state index contributed by atoms with van der Waals surface area (Å²) in [6.45, 7) is 2.04. The van der Waals surface area contributed by atoms with Crippen LogP contribution in [0.25, 0.3) is 0 Å². The number of carbonyl (C=O) groups is 1. The lowest BCUT2D eigenvalue weighted by molar-refractivity contribution is -0.385. The summed E-state index contributed by atoms with van der Waals surface area (Å²) in [5, 5.41) is 16.2. The lowest BCUT2D eigenvalue weighted by Gasteiger charge is -2.08. The summed E-state index contributed by atoms with van der Waals surface area (Å²) in [5.41, 5.74) is 0.00814. The molecule has 1 aliphatic carbocycles. The Morgan fingerprint density at radius 3 is 2.78 bits per heavy atom. The largest absolute Gasteiger partial charge is 0.372 e. The fourth-order valence-electron chi connectivity index (χ4n) is 1.70. The lowest BCUT2D eigenvalue weighted by atomic mass is 10.2. The molecule has 2 rings (SSSR count). The topological polar surface area (TPSA) is 97.2 Å². The number of carbonyl (C=O) groups excluding carboxylic acids is 1. The molecule has 1 amide bonds. The maximum atomic E-state index is 12.0. The zero-order valence-electron chi connectivity index (χ0n) is 10.1. The quantitative estimate of drug-likeness (QED) is 0.617. The summed E-state index contributed by atoms with van der Waals surface area (Å²) in [7, 11) is 1.62. The predicted octanol–water partition coefficient (Wildman–Crippen LogP) is 1.17. The lowest BCUT2D eigenvalue weighted by Crippen LogP contribution is -2.27. The highest BCUT2D eigenvalue weighted by atomic mass is 16.6. The van der Waals surface area contributed by atoms with E-state index < -0.39 is 4.92 Å². The van der Waals surface area contributed by atoms with Gasteiger partial charge in [0.25, 0.3) is 11.6 Å².